The zero-order valence-electron chi connectivity index (χ0n) is 13.5. The number of hydrogen-bond donors (Lipinski definition) is 2. The minimum atomic E-state index is 0.496. The molecule has 4 rings (SSSR count). The van der Waals surface area contributed by atoms with Crippen molar-refractivity contribution in [3.63, 3.8) is 0 Å². The molecule has 1 saturated carbocycles. The molecule has 0 bridgehead atoms. The number of rotatable bonds is 5. The lowest BCUT2D eigenvalue weighted by atomic mass is 10.2. The van der Waals surface area contributed by atoms with E-state index >= 15 is 0 Å². The van der Waals surface area contributed by atoms with Crippen LogP contribution in [-0.4, -0.2) is 21.0 Å². The number of aryl methyl sites for hydroxylation is 1. The van der Waals surface area contributed by atoms with Gasteiger partial charge in [0.05, 0.1) is 11.4 Å². The normalized spacial score (nSPS) is 13.5. The molecule has 0 amide bonds. The fourth-order valence-corrected chi connectivity index (χ4v) is 2.48. The maximum absolute atomic E-state index is 4.62. The molecule has 0 spiro atoms. The molecule has 2 N–H and O–H groups in total. The Morgan fingerprint density at radius 1 is 0.958 bits per heavy atom. The second-order valence-electron chi connectivity index (χ2n) is 6.04. The average Bonchev–Trinajstić information content (AvgIpc) is 3.42. The molecule has 0 aliphatic heterocycles. The maximum Gasteiger partial charge on any atom is 0.225 e. The van der Waals surface area contributed by atoms with E-state index in [4.69, 9.17) is 0 Å². The predicted octanol–water partition coefficient (Wildman–Crippen LogP) is 4.16. The summed E-state index contributed by atoms with van der Waals surface area (Å²) in [5.74, 6) is 1.42. The van der Waals surface area contributed by atoms with Crippen LogP contribution in [0.1, 0.15) is 18.4 Å². The van der Waals surface area contributed by atoms with Gasteiger partial charge in [0.25, 0.3) is 0 Å². The van der Waals surface area contributed by atoms with Gasteiger partial charge in [-0.2, -0.15) is 4.98 Å². The van der Waals surface area contributed by atoms with Crippen LogP contribution in [-0.2, 0) is 0 Å². The molecule has 5 heteroatoms. The first-order chi connectivity index (χ1) is 11.8. The van der Waals surface area contributed by atoms with Crippen LogP contribution < -0.4 is 10.6 Å². The third kappa shape index (κ3) is 3.35. The fraction of sp³-hybridized carbons (Fsp3) is 0.211. The van der Waals surface area contributed by atoms with Crippen LogP contribution in [0.3, 0.4) is 0 Å². The lowest BCUT2D eigenvalue weighted by Gasteiger charge is -2.12. The largest absolute Gasteiger partial charge is 0.351 e. The van der Waals surface area contributed by atoms with Gasteiger partial charge in [-0.05, 0) is 43.5 Å². The minimum absolute atomic E-state index is 0.496. The van der Waals surface area contributed by atoms with Crippen molar-refractivity contribution in [2.75, 3.05) is 10.6 Å². The molecular weight excluding hydrogens is 298 g/mol. The Balaban J connectivity index is 1.71. The topological polar surface area (TPSA) is 62.7 Å². The molecular formula is C19H19N5. The van der Waals surface area contributed by atoms with Crippen LogP contribution in [0.4, 0.5) is 17.5 Å². The van der Waals surface area contributed by atoms with Crippen LogP contribution in [0.5, 0.6) is 0 Å². The molecule has 1 aromatic carbocycles. The predicted molar refractivity (Wildman–Crippen MR) is 96.4 cm³/mol. The molecule has 0 unspecified atom stereocenters. The highest BCUT2D eigenvalue weighted by atomic mass is 15.2. The van der Waals surface area contributed by atoms with Crippen LogP contribution in [0.15, 0.2) is 54.7 Å². The Morgan fingerprint density at radius 3 is 2.54 bits per heavy atom. The van der Waals surface area contributed by atoms with Gasteiger partial charge in [-0.1, -0.05) is 24.3 Å². The molecule has 0 atom stereocenters. The Morgan fingerprint density at radius 2 is 1.79 bits per heavy atom. The Hall–Kier alpha value is -2.95. The summed E-state index contributed by atoms with van der Waals surface area (Å²) in [4.78, 5) is 13.6. The number of anilines is 3. The third-order valence-corrected chi connectivity index (χ3v) is 3.97. The summed E-state index contributed by atoms with van der Waals surface area (Å²) in [6, 6.07) is 16.4. The second-order valence-corrected chi connectivity index (χ2v) is 6.04. The highest BCUT2D eigenvalue weighted by Crippen LogP contribution is 2.27. The molecule has 120 valence electrons. The second kappa shape index (κ2) is 6.28. The zero-order chi connectivity index (χ0) is 16.4. The van der Waals surface area contributed by atoms with Crippen molar-refractivity contribution in [2.45, 2.75) is 25.8 Å². The summed E-state index contributed by atoms with van der Waals surface area (Å²) in [6.07, 6.45) is 4.13. The van der Waals surface area contributed by atoms with E-state index in [9.17, 15) is 0 Å². The monoisotopic (exact) mass is 317 g/mol. The Kier molecular flexibility index (Phi) is 3.83. The van der Waals surface area contributed by atoms with Crippen molar-refractivity contribution in [3.8, 4) is 11.4 Å². The van der Waals surface area contributed by atoms with Gasteiger partial charge in [0, 0.05) is 24.0 Å². The highest BCUT2D eigenvalue weighted by molar-refractivity contribution is 5.66. The molecule has 3 aromatic rings. The number of nitrogens with zero attached hydrogens (tertiary/aromatic N) is 3. The lowest BCUT2D eigenvalue weighted by Crippen LogP contribution is -2.08. The smallest absolute Gasteiger partial charge is 0.225 e. The summed E-state index contributed by atoms with van der Waals surface area (Å²) < 4.78 is 0. The van der Waals surface area contributed by atoms with E-state index in [0.29, 0.717) is 12.0 Å². The van der Waals surface area contributed by atoms with E-state index in [1.807, 2.05) is 42.5 Å². The van der Waals surface area contributed by atoms with Gasteiger partial charge in [0.2, 0.25) is 5.95 Å². The minimum Gasteiger partial charge on any atom is -0.351 e. The van der Waals surface area contributed by atoms with Gasteiger partial charge < -0.3 is 10.6 Å². The number of pyridine rings is 1. The number of benzene rings is 1. The molecule has 1 aliphatic carbocycles. The summed E-state index contributed by atoms with van der Waals surface area (Å²) in [5, 5.41) is 6.77. The lowest BCUT2D eigenvalue weighted by molar-refractivity contribution is 1.05. The standard InChI is InChI=1S/C19H19N5/c1-13-6-2-3-7-15(13)22-18-12-17(16-8-4-5-11-20-16)23-19(24-18)21-14-9-10-14/h2-8,11-12,14H,9-10H2,1H3,(H2,21,22,23,24). The molecule has 1 aliphatic rings. The van der Waals surface area contributed by atoms with Crippen molar-refractivity contribution < 1.29 is 0 Å². The summed E-state index contributed by atoms with van der Waals surface area (Å²) in [7, 11) is 0. The summed E-state index contributed by atoms with van der Waals surface area (Å²) in [5.41, 5.74) is 3.86. The van der Waals surface area contributed by atoms with Crippen LogP contribution in [0.25, 0.3) is 11.4 Å². The highest BCUT2D eigenvalue weighted by Gasteiger charge is 2.22. The van der Waals surface area contributed by atoms with Crippen LogP contribution in [0, 0.1) is 6.92 Å². The number of hydrogen-bond acceptors (Lipinski definition) is 5. The van der Waals surface area contributed by atoms with Crippen molar-refractivity contribution >= 4 is 17.5 Å². The van der Waals surface area contributed by atoms with Crippen LogP contribution in [0.2, 0.25) is 0 Å². The Bertz CT molecular complexity index is 843. The quantitative estimate of drug-likeness (QED) is 0.739. The van der Waals surface area contributed by atoms with Crippen molar-refractivity contribution in [3.05, 3.63) is 60.3 Å². The molecule has 2 aromatic heterocycles. The van der Waals surface area contributed by atoms with Crippen molar-refractivity contribution in [1.82, 2.24) is 15.0 Å². The fourth-order valence-electron chi connectivity index (χ4n) is 2.48. The van der Waals surface area contributed by atoms with Gasteiger partial charge >= 0.3 is 0 Å². The first-order valence-corrected chi connectivity index (χ1v) is 8.17. The Labute approximate surface area is 141 Å². The van der Waals surface area contributed by atoms with E-state index in [1.165, 1.54) is 18.4 Å². The summed E-state index contributed by atoms with van der Waals surface area (Å²) in [6.45, 7) is 2.08. The van der Waals surface area contributed by atoms with Gasteiger partial charge in [0.15, 0.2) is 0 Å². The van der Waals surface area contributed by atoms with E-state index < -0.39 is 0 Å². The van der Waals surface area contributed by atoms with Gasteiger partial charge in [-0.15, -0.1) is 0 Å². The number of para-hydroxylation sites is 1. The molecule has 0 radical (unpaired) electrons. The number of nitrogens with one attached hydrogen (secondary N) is 2. The van der Waals surface area contributed by atoms with Crippen molar-refractivity contribution in [1.29, 1.82) is 0 Å². The van der Waals surface area contributed by atoms with Gasteiger partial charge in [-0.25, -0.2) is 4.98 Å². The molecule has 0 saturated heterocycles. The zero-order valence-corrected chi connectivity index (χ0v) is 13.5. The van der Waals surface area contributed by atoms with Crippen LogP contribution >= 0.6 is 0 Å². The number of aromatic nitrogens is 3. The summed E-state index contributed by atoms with van der Waals surface area (Å²) >= 11 is 0. The maximum atomic E-state index is 4.62. The average molecular weight is 317 g/mol. The van der Waals surface area contributed by atoms with Crippen molar-refractivity contribution in [2.24, 2.45) is 0 Å². The van der Waals surface area contributed by atoms with Gasteiger partial charge in [0.1, 0.15) is 5.82 Å². The van der Waals surface area contributed by atoms with E-state index in [1.54, 1.807) is 6.20 Å². The first kappa shape index (κ1) is 14.6. The van der Waals surface area contributed by atoms with E-state index in [2.05, 4.69) is 38.6 Å². The molecule has 1 fully saturated rings. The van der Waals surface area contributed by atoms with Gasteiger partial charge in [-0.3, -0.25) is 4.98 Å². The van der Waals surface area contributed by atoms with E-state index in [-0.39, 0.29) is 0 Å². The molecule has 5 nitrogen and oxygen atoms in total. The molecule has 24 heavy (non-hydrogen) atoms. The first-order valence-electron chi connectivity index (χ1n) is 8.17. The molecule has 2 heterocycles. The third-order valence-electron chi connectivity index (χ3n) is 3.97. The SMILES string of the molecule is Cc1ccccc1Nc1cc(-c2ccccn2)nc(NC2CC2)n1. The van der Waals surface area contributed by atoms with E-state index in [0.717, 1.165) is 22.9 Å².